The number of hydrogen-bond donors (Lipinski definition) is 2. The van der Waals surface area contributed by atoms with Crippen molar-refractivity contribution in [3.63, 3.8) is 0 Å². The molecule has 1 saturated heterocycles. The van der Waals surface area contributed by atoms with Crippen LogP contribution in [0, 0.1) is 0 Å². The maximum Gasteiger partial charge on any atom is 0.252 e. The maximum atomic E-state index is 13.1. The molecule has 4 rings (SSSR count). The predicted octanol–water partition coefficient (Wildman–Crippen LogP) is 4.06. The number of likely N-dealkylation sites (tertiary alicyclic amines) is 1. The van der Waals surface area contributed by atoms with Crippen LogP contribution in [0.5, 0.6) is 0 Å². The summed E-state index contributed by atoms with van der Waals surface area (Å²) in [7, 11) is 0. The van der Waals surface area contributed by atoms with Gasteiger partial charge in [0.05, 0.1) is 11.1 Å². The molecule has 1 amide bonds. The monoisotopic (exact) mass is 388 g/mol. The molecule has 1 aromatic heterocycles. The number of nitrogens with one attached hydrogen (secondary N) is 2. The van der Waals surface area contributed by atoms with Crippen molar-refractivity contribution in [3.05, 3.63) is 71.8 Å². The zero-order valence-corrected chi connectivity index (χ0v) is 16.9. The van der Waals surface area contributed by atoms with E-state index in [0.29, 0.717) is 5.56 Å². The highest BCUT2D eigenvalue weighted by Crippen LogP contribution is 2.22. The molecule has 0 aliphatic carbocycles. The van der Waals surface area contributed by atoms with Gasteiger partial charge in [0, 0.05) is 37.6 Å². The first kappa shape index (κ1) is 19.4. The van der Waals surface area contributed by atoms with Crippen LogP contribution in [-0.2, 0) is 6.54 Å². The highest BCUT2D eigenvalue weighted by Gasteiger charge is 2.22. The molecule has 0 radical (unpaired) electrons. The smallest absolute Gasteiger partial charge is 0.252 e. The average molecular weight is 389 g/mol. The number of pyridine rings is 1. The number of fused-ring (bicyclic) bond motifs is 1. The van der Waals surface area contributed by atoms with E-state index >= 15 is 0 Å². The molecular formula is C24H28N4O. The van der Waals surface area contributed by atoms with Crippen molar-refractivity contribution in [1.29, 1.82) is 0 Å². The van der Waals surface area contributed by atoms with E-state index in [1.54, 1.807) is 0 Å². The molecule has 0 spiro atoms. The lowest BCUT2D eigenvalue weighted by Crippen LogP contribution is -2.44. The van der Waals surface area contributed by atoms with Crippen LogP contribution in [-0.4, -0.2) is 41.5 Å². The number of amides is 1. The summed E-state index contributed by atoms with van der Waals surface area (Å²) >= 11 is 0. The topological polar surface area (TPSA) is 57.3 Å². The lowest BCUT2D eigenvalue weighted by Gasteiger charge is -2.32. The van der Waals surface area contributed by atoms with Crippen molar-refractivity contribution >= 4 is 22.6 Å². The fourth-order valence-electron chi connectivity index (χ4n) is 3.98. The average Bonchev–Trinajstić information content (AvgIpc) is 2.75. The molecule has 150 valence electrons. The van der Waals surface area contributed by atoms with E-state index in [4.69, 9.17) is 0 Å². The number of nitrogens with zero attached hydrogens (tertiary/aromatic N) is 2. The molecule has 5 nitrogen and oxygen atoms in total. The fourth-order valence-corrected chi connectivity index (χ4v) is 3.98. The van der Waals surface area contributed by atoms with Crippen LogP contribution in [0.2, 0.25) is 0 Å². The lowest BCUT2D eigenvalue weighted by molar-refractivity contribution is 0.0910. The Morgan fingerprint density at radius 3 is 2.55 bits per heavy atom. The van der Waals surface area contributed by atoms with E-state index in [1.807, 2.05) is 37.3 Å². The molecule has 2 aromatic carbocycles. The zero-order valence-electron chi connectivity index (χ0n) is 16.9. The van der Waals surface area contributed by atoms with E-state index in [-0.39, 0.29) is 11.9 Å². The minimum Gasteiger partial charge on any atom is -0.370 e. The molecule has 0 unspecified atom stereocenters. The number of piperidine rings is 1. The Morgan fingerprint density at radius 1 is 1.07 bits per heavy atom. The molecule has 2 N–H and O–H groups in total. The molecule has 1 aliphatic rings. The minimum atomic E-state index is -0.00994. The second-order valence-electron chi connectivity index (χ2n) is 7.61. The first-order valence-electron chi connectivity index (χ1n) is 10.4. The normalized spacial score (nSPS) is 15.3. The van der Waals surface area contributed by atoms with E-state index in [9.17, 15) is 4.79 Å². The molecule has 2 heterocycles. The van der Waals surface area contributed by atoms with Gasteiger partial charge in [0.15, 0.2) is 0 Å². The van der Waals surface area contributed by atoms with Crippen LogP contribution in [0.1, 0.15) is 35.7 Å². The van der Waals surface area contributed by atoms with Gasteiger partial charge in [-0.15, -0.1) is 0 Å². The number of hydrogen-bond acceptors (Lipinski definition) is 4. The summed E-state index contributed by atoms with van der Waals surface area (Å²) in [6.07, 6.45) is 1.95. The van der Waals surface area contributed by atoms with Crippen molar-refractivity contribution in [2.45, 2.75) is 32.4 Å². The number of benzene rings is 2. The summed E-state index contributed by atoms with van der Waals surface area (Å²) in [5.74, 6) is 0.735. The molecule has 0 atom stereocenters. The van der Waals surface area contributed by atoms with Gasteiger partial charge < -0.3 is 10.6 Å². The molecule has 3 aromatic rings. The summed E-state index contributed by atoms with van der Waals surface area (Å²) in [5.41, 5.74) is 2.88. The number of para-hydroxylation sites is 1. The third-order valence-corrected chi connectivity index (χ3v) is 5.49. The Bertz CT molecular complexity index is 965. The number of carbonyl (C=O) groups is 1. The van der Waals surface area contributed by atoms with Crippen LogP contribution in [0.3, 0.4) is 0 Å². The third kappa shape index (κ3) is 4.74. The molecule has 5 heteroatoms. The highest BCUT2D eigenvalue weighted by atomic mass is 16.1. The second-order valence-corrected chi connectivity index (χ2v) is 7.61. The Balaban J connectivity index is 1.41. The van der Waals surface area contributed by atoms with Gasteiger partial charge in [-0.25, -0.2) is 4.98 Å². The molecule has 29 heavy (non-hydrogen) atoms. The Hall–Kier alpha value is -2.92. The minimum absolute atomic E-state index is 0.00994. The quantitative estimate of drug-likeness (QED) is 0.669. The van der Waals surface area contributed by atoms with Gasteiger partial charge in [-0.2, -0.15) is 0 Å². The maximum absolute atomic E-state index is 13.1. The number of anilines is 1. The SMILES string of the molecule is CCNc1cc(C(=O)NC2CCN(Cc3ccccc3)CC2)c2ccccc2n1. The first-order valence-corrected chi connectivity index (χ1v) is 10.4. The summed E-state index contributed by atoms with van der Waals surface area (Å²) in [5, 5.41) is 7.39. The molecule has 0 saturated carbocycles. The van der Waals surface area contributed by atoms with Crippen molar-refractivity contribution in [2.24, 2.45) is 0 Å². The molecular weight excluding hydrogens is 360 g/mol. The van der Waals surface area contributed by atoms with Crippen molar-refractivity contribution in [2.75, 3.05) is 25.0 Å². The van der Waals surface area contributed by atoms with Gasteiger partial charge in [-0.05, 0) is 37.5 Å². The molecule has 1 aliphatic heterocycles. The zero-order chi connectivity index (χ0) is 20.1. The molecule has 1 fully saturated rings. The fraction of sp³-hybridized carbons (Fsp3) is 0.333. The van der Waals surface area contributed by atoms with Gasteiger partial charge in [0.2, 0.25) is 0 Å². The van der Waals surface area contributed by atoms with Crippen LogP contribution >= 0.6 is 0 Å². The van der Waals surface area contributed by atoms with Gasteiger partial charge in [0.1, 0.15) is 5.82 Å². The largest absolute Gasteiger partial charge is 0.370 e. The summed E-state index contributed by atoms with van der Waals surface area (Å²) in [6, 6.07) is 20.5. The van der Waals surface area contributed by atoms with Gasteiger partial charge in [-0.3, -0.25) is 9.69 Å². The standard InChI is InChI=1S/C24H28N4O/c1-2-25-23-16-21(20-10-6-7-11-22(20)27-23)24(29)26-19-12-14-28(15-13-19)17-18-8-4-3-5-9-18/h3-11,16,19H,2,12-15,17H2,1H3,(H,25,27)(H,26,29). The molecule has 0 bridgehead atoms. The van der Waals surface area contributed by atoms with Crippen LogP contribution < -0.4 is 10.6 Å². The van der Waals surface area contributed by atoms with Crippen LogP contribution in [0.4, 0.5) is 5.82 Å². The van der Waals surface area contributed by atoms with Crippen molar-refractivity contribution in [1.82, 2.24) is 15.2 Å². The summed E-state index contributed by atoms with van der Waals surface area (Å²) < 4.78 is 0. The number of aromatic nitrogens is 1. The Kier molecular flexibility index (Phi) is 6.06. The van der Waals surface area contributed by atoms with E-state index in [2.05, 4.69) is 50.8 Å². The Labute approximate surface area is 172 Å². The van der Waals surface area contributed by atoms with Gasteiger partial charge in [0.25, 0.3) is 5.91 Å². The van der Waals surface area contributed by atoms with Crippen LogP contribution in [0.25, 0.3) is 10.9 Å². The third-order valence-electron chi connectivity index (χ3n) is 5.49. The van der Waals surface area contributed by atoms with E-state index in [0.717, 1.165) is 55.7 Å². The second kappa shape index (κ2) is 9.05. The Morgan fingerprint density at radius 2 is 1.79 bits per heavy atom. The predicted molar refractivity (Wildman–Crippen MR) is 118 cm³/mol. The number of rotatable bonds is 6. The first-order chi connectivity index (χ1) is 14.2. The highest BCUT2D eigenvalue weighted by molar-refractivity contribution is 6.07. The summed E-state index contributed by atoms with van der Waals surface area (Å²) in [6.45, 7) is 5.77. The van der Waals surface area contributed by atoms with Crippen LogP contribution in [0.15, 0.2) is 60.7 Å². The van der Waals surface area contributed by atoms with E-state index < -0.39 is 0 Å². The van der Waals surface area contributed by atoms with Crippen molar-refractivity contribution < 1.29 is 4.79 Å². The number of carbonyl (C=O) groups excluding carboxylic acids is 1. The summed E-state index contributed by atoms with van der Waals surface area (Å²) in [4.78, 5) is 20.1. The van der Waals surface area contributed by atoms with E-state index in [1.165, 1.54) is 5.56 Å². The van der Waals surface area contributed by atoms with Crippen molar-refractivity contribution in [3.8, 4) is 0 Å². The van der Waals surface area contributed by atoms with Gasteiger partial charge in [-0.1, -0.05) is 48.5 Å². The van der Waals surface area contributed by atoms with Gasteiger partial charge >= 0.3 is 0 Å². The lowest BCUT2D eigenvalue weighted by atomic mass is 10.0.